The molecule has 1 aromatic carbocycles. The van der Waals surface area contributed by atoms with Gasteiger partial charge in [-0.1, -0.05) is 40.7 Å². The highest BCUT2D eigenvalue weighted by molar-refractivity contribution is 5.94. The summed E-state index contributed by atoms with van der Waals surface area (Å²) < 4.78 is 0. The third kappa shape index (κ3) is 4.74. The number of anilines is 1. The van der Waals surface area contributed by atoms with Crippen LogP contribution in [0.4, 0.5) is 5.69 Å². The Kier molecular flexibility index (Phi) is 5.76. The van der Waals surface area contributed by atoms with Gasteiger partial charge in [-0.3, -0.25) is 9.59 Å². The van der Waals surface area contributed by atoms with Gasteiger partial charge in [-0.15, -0.1) is 0 Å². The quantitative estimate of drug-likeness (QED) is 0.823. The predicted octanol–water partition coefficient (Wildman–Crippen LogP) is 3.52. The smallest absolute Gasteiger partial charge is 0.229 e. The number of carbonyl (C=O) groups is 2. The van der Waals surface area contributed by atoms with Crippen molar-refractivity contribution in [2.75, 3.05) is 18.4 Å². The van der Waals surface area contributed by atoms with Crippen LogP contribution in [0.3, 0.4) is 0 Å². The molecule has 0 aliphatic carbocycles. The van der Waals surface area contributed by atoms with Gasteiger partial charge in [-0.25, -0.2) is 0 Å². The third-order valence-electron chi connectivity index (χ3n) is 4.72. The molecule has 0 bridgehead atoms. The van der Waals surface area contributed by atoms with E-state index in [2.05, 4.69) is 26.1 Å². The zero-order valence-electron chi connectivity index (χ0n) is 15.9. The summed E-state index contributed by atoms with van der Waals surface area (Å²) in [5.74, 6) is -0.284. The molecule has 0 radical (unpaired) electrons. The lowest BCUT2D eigenvalue weighted by molar-refractivity contribution is -0.137. The lowest BCUT2D eigenvalue weighted by Gasteiger charge is -2.33. The molecule has 1 fully saturated rings. The Morgan fingerprint density at radius 3 is 2.56 bits per heavy atom. The number of nitrogens with zero attached hydrogens (tertiary/aromatic N) is 1. The number of phenols is 1. The second-order valence-electron chi connectivity index (χ2n) is 8.25. The van der Waals surface area contributed by atoms with Gasteiger partial charge in [-0.05, 0) is 36.0 Å². The maximum absolute atomic E-state index is 12.7. The number of hydrogen-bond acceptors (Lipinski definition) is 3. The molecule has 1 saturated heterocycles. The molecule has 1 heterocycles. The summed E-state index contributed by atoms with van der Waals surface area (Å²) in [6.07, 6.45) is 1.58. The van der Waals surface area contributed by atoms with Crippen molar-refractivity contribution in [1.82, 2.24) is 4.90 Å². The van der Waals surface area contributed by atoms with Crippen LogP contribution in [-0.4, -0.2) is 34.9 Å². The Morgan fingerprint density at radius 1 is 1.28 bits per heavy atom. The Balaban J connectivity index is 2.10. The molecule has 138 valence electrons. The van der Waals surface area contributed by atoms with Crippen LogP contribution in [0.2, 0.25) is 0 Å². The highest BCUT2D eigenvalue weighted by atomic mass is 16.3. The molecule has 0 saturated carbocycles. The van der Waals surface area contributed by atoms with Gasteiger partial charge < -0.3 is 15.3 Å². The number of amides is 2. The number of rotatable bonds is 3. The Hall–Kier alpha value is -2.04. The van der Waals surface area contributed by atoms with Gasteiger partial charge in [0.15, 0.2) is 0 Å². The van der Waals surface area contributed by atoms with Crippen LogP contribution >= 0.6 is 0 Å². The van der Waals surface area contributed by atoms with E-state index in [9.17, 15) is 14.7 Å². The van der Waals surface area contributed by atoms with Crippen molar-refractivity contribution in [3.8, 4) is 5.75 Å². The van der Waals surface area contributed by atoms with Gasteiger partial charge in [0.1, 0.15) is 5.75 Å². The number of likely N-dealkylation sites (tertiary alicyclic amines) is 1. The lowest BCUT2D eigenvalue weighted by Crippen LogP contribution is -2.45. The highest BCUT2D eigenvalue weighted by Gasteiger charge is 2.29. The normalized spacial score (nSPS) is 18.3. The van der Waals surface area contributed by atoms with Crippen LogP contribution in [0.25, 0.3) is 0 Å². The van der Waals surface area contributed by atoms with Crippen LogP contribution < -0.4 is 5.32 Å². The number of phenolic OH excluding ortho intramolecular Hbond substituents is 1. The van der Waals surface area contributed by atoms with Gasteiger partial charge >= 0.3 is 0 Å². The van der Waals surface area contributed by atoms with E-state index in [0.717, 1.165) is 18.4 Å². The van der Waals surface area contributed by atoms with Crippen LogP contribution in [0.1, 0.15) is 53.0 Å². The number of hydrogen-bond donors (Lipinski definition) is 2. The highest BCUT2D eigenvalue weighted by Crippen LogP contribution is 2.31. The second-order valence-corrected chi connectivity index (χ2v) is 8.25. The monoisotopic (exact) mass is 346 g/mol. The van der Waals surface area contributed by atoms with E-state index in [1.165, 1.54) is 0 Å². The largest absolute Gasteiger partial charge is 0.506 e. The van der Waals surface area contributed by atoms with Crippen molar-refractivity contribution in [3.05, 3.63) is 23.8 Å². The van der Waals surface area contributed by atoms with E-state index in [0.29, 0.717) is 18.8 Å². The first-order chi connectivity index (χ1) is 11.6. The van der Waals surface area contributed by atoms with Crippen molar-refractivity contribution < 1.29 is 14.7 Å². The van der Waals surface area contributed by atoms with Crippen LogP contribution in [0.5, 0.6) is 5.75 Å². The molecular weight excluding hydrogens is 316 g/mol. The van der Waals surface area contributed by atoms with Gasteiger partial charge in [0, 0.05) is 19.0 Å². The first-order valence-electron chi connectivity index (χ1n) is 9.02. The zero-order chi connectivity index (χ0) is 18.8. The molecule has 5 heteroatoms. The van der Waals surface area contributed by atoms with Crippen molar-refractivity contribution in [1.29, 1.82) is 0 Å². The molecule has 25 heavy (non-hydrogen) atoms. The Morgan fingerprint density at radius 2 is 1.96 bits per heavy atom. The molecule has 5 nitrogen and oxygen atoms in total. The number of carbonyl (C=O) groups excluding carboxylic acids is 2. The van der Waals surface area contributed by atoms with E-state index >= 15 is 0 Å². The van der Waals surface area contributed by atoms with E-state index in [1.807, 2.05) is 26.0 Å². The summed E-state index contributed by atoms with van der Waals surface area (Å²) >= 11 is 0. The van der Waals surface area contributed by atoms with Crippen molar-refractivity contribution in [2.24, 2.45) is 11.8 Å². The van der Waals surface area contributed by atoms with Gasteiger partial charge in [0.25, 0.3) is 0 Å². The number of nitrogens with one attached hydrogen (secondary N) is 1. The number of piperidine rings is 1. The summed E-state index contributed by atoms with van der Waals surface area (Å²) in [5, 5.41) is 12.9. The number of aromatic hydroxyl groups is 1. The van der Waals surface area contributed by atoms with E-state index < -0.39 is 0 Å². The van der Waals surface area contributed by atoms with Crippen LogP contribution in [0.15, 0.2) is 18.2 Å². The standard InChI is InChI=1S/C20H30N2O3/c1-13(2)19(25)22-10-6-7-14(12-22)18(24)21-16-11-15(20(3,4)5)8-9-17(16)23/h8-9,11,13-14,23H,6-7,10,12H2,1-5H3,(H,21,24)/t14-/m1/s1. The molecule has 1 aliphatic rings. The summed E-state index contributed by atoms with van der Waals surface area (Å²) in [7, 11) is 0. The minimum atomic E-state index is -0.242. The molecule has 2 N–H and O–H groups in total. The second kappa shape index (κ2) is 7.46. The molecule has 1 atom stereocenters. The van der Waals surface area contributed by atoms with Crippen molar-refractivity contribution in [2.45, 2.75) is 52.9 Å². The fraction of sp³-hybridized carbons (Fsp3) is 0.600. The average Bonchev–Trinajstić information content (AvgIpc) is 2.55. The summed E-state index contributed by atoms with van der Waals surface area (Å²) in [4.78, 5) is 26.6. The van der Waals surface area contributed by atoms with Crippen LogP contribution in [-0.2, 0) is 15.0 Å². The van der Waals surface area contributed by atoms with E-state index in [-0.39, 0.29) is 34.8 Å². The first kappa shape index (κ1) is 19.3. The van der Waals surface area contributed by atoms with Crippen LogP contribution in [0, 0.1) is 11.8 Å². The minimum Gasteiger partial charge on any atom is -0.506 e. The summed E-state index contributed by atoms with van der Waals surface area (Å²) in [5.41, 5.74) is 1.41. The summed E-state index contributed by atoms with van der Waals surface area (Å²) in [6.45, 7) is 11.2. The molecule has 0 unspecified atom stereocenters. The topological polar surface area (TPSA) is 69.6 Å². The van der Waals surface area contributed by atoms with Crippen molar-refractivity contribution in [3.63, 3.8) is 0 Å². The molecule has 2 amide bonds. The maximum atomic E-state index is 12.7. The molecule has 0 aromatic heterocycles. The van der Waals surface area contributed by atoms with E-state index in [1.54, 1.807) is 11.0 Å². The van der Waals surface area contributed by atoms with Gasteiger partial charge in [0.2, 0.25) is 11.8 Å². The number of benzene rings is 1. The zero-order valence-corrected chi connectivity index (χ0v) is 15.9. The van der Waals surface area contributed by atoms with Gasteiger partial charge in [-0.2, -0.15) is 0 Å². The first-order valence-corrected chi connectivity index (χ1v) is 9.02. The fourth-order valence-corrected chi connectivity index (χ4v) is 3.09. The molecule has 1 aliphatic heterocycles. The maximum Gasteiger partial charge on any atom is 0.229 e. The fourth-order valence-electron chi connectivity index (χ4n) is 3.09. The Labute approximate surface area is 150 Å². The van der Waals surface area contributed by atoms with Crippen molar-refractivity contribution >= 4 is 17.5 Å². The van der Waals surface area contributed by atoms with E-state index in [4.69, 9.17) is 0 Å². The molecule has 0 spiro atoms. The Bertz CT molecular complexity index is 647. The minimum absolute atomic E-state index is 0.0608. The summed E-state index contributed by atoms with van der Waals surface area (Å²) in [6, 6.07) is 5.31. The lowest BCUT2D eigenvalue weighted by atomic mass is 9.86. The molecule has 1 aromatic rings. The molecule has 2 rings (SSSR count). The van der Waals surface area contributed by atoms with Gasteiger partial charge in [0.05, 0.1) is 11.6 Å². The predicted molar refractivity (Wildman–Crippen MR) is 99.6 cm³/mol. The average molecular weight is 346 g/mol. The molecular formula is C20H30N2O3. The SMILES string of the molecule is CC(C)C(=O)N1CCC[C@@H](C(=O)Nc2cc(C(C)(C)C)ccc2O)C1. The third-order valence-corrected chi connectivity index (χ3v) is 4.72.